The topological polar surface area (TPSA) is 92.5 Å². The Hall–Kier alpha value is -0.360. The van der Waals surface area contributed by atoms with E-state index in [0.29, 0.717) is 11.4 Å². The molecule has 2 aromatic rings. The number of nitrogens with two attached hydrogens (primary N) is 1. The number of rotatable bonds is 5. The largest absolute Gasteiger partial charge is 0.350 e. The monoisotopic (exact) mass is 427 g/mol. The number of thiophene rings is 2. The fourth-order valence-corrected chi connectivity index (χ4v) is 6.55. The number of primary sulfonamides is 1. The van der Waals surface area contributed by atoms with Gasteiger partial charge in [-0.25, -0.2) is 13.6 Å². The minimum atomic E-state index is -3.68. The van der Waals surface area contributed by atoms with E-state index < -0.39 is 10.0 Å². The molecular formula is C13H18ClN3O3S4. The van der Waals surface area contributed by atoms with Crippen molar-refractivity contribution in [3.63, 3.8) is 0 Å². The first kappa shape index (κ1) is 20.0. The van der Waals surface area contributed by atoms with Crippen molar-refractivity contribution in [2.45, 2.75) is 4.21 Å². The smallest absolute Gasteiger partial charge is 0.261 e. The summed E-state index contributed by atoms with van der Waals surface area (Å²) >= 11 is 4.37. The van der Waals surface area contributed by atoms with Crippen LogP contribution in [0.4, 0.5) is 0 Å². The Labute approximate surface area is 159 Å². The second kappa shape index (κ2) is 8.35. The standard InChI is InChI=1S/C13H17N3O3S4.ClH/c14-23(18,19)11-8-9-7-10(21-13(9)22-11)12(17)15-1-2-16-3-5-20-6-4-16;/h7-8H,1-6H2,(H,15,17)(H2,14,18,19);1H. The third-order valence-electron chi connectivity index (χ3n) is 3.51. The molecular weight excluding hydrogens is 410 g/mol. The highest BCUT2D eigenvalue weighted by molar-refractivity contribution is 7.99. The number of sulfonamides is 1. The van der Waals surface area contributed by atoms with Crippen LogP contribution in [0.2, 0.25) is 0 Å². The first-order valence-corrected chi connectivity index (χ1v) is 11.4. The van der Waals surface area contributed by atoms with Gasteiger partial charge in [-0.15, -0.1) is 35.1 Å². The van der Waals surface area contributed by atoms with Crippen molar-refractivity contribution in [3.05, 3.63) is 17.0 Å². The molecule has 0 unspecified atom stereocenters. The number of thioether (sulfide) groups is 1. The third kappa shape index (κ3) is 4.84. The van der Waals surface area contributed by atoms with E-state index in [2.05, 4.69) is 10.2 Å². The zero-order valence-electron chi connectivity index (χ0n) is 12.7. The van der Waals surface area contributed by atoms with Crippen molar-refractivity contribution in [1.82, 2.24) is 10.2 Å². The van der Waals surface area contributed by atoms with Crippen LogP contribution in [0, 0.1) is 0 Å². The van der Waals surface area contributed by atoms with E-state index in [1.165, 1.54) is 17.4 Å². The fraction of sp³-hybridized carbons (Fsp3) is 0.462. The molecule has 0 bridgehead atoms. The Morgan fingerprint density at radius 3 is 2.58 bits per heavy atom. The van der Waals surface area contributed by atoms with Crippen molar-refractivity contribution in [3.8, 4) is 0 Å². The van der Waals surface area contributed by atoms with Gasteiger partial charge in [0.15, 0.2) is 0 Å². The Kier molecular flexibility index (Phi) is 6.94. The maximum absolute atomic E-state index is 12.2. The Balaban J connectivity index is 0.00000208. The molecule has 6 nitrogen and oxygen atoms in total. The van der Waals surface area contributed by atoms with E-state index in [0.717, 1.165) is 51.9 Å². The van der Waals surface area contributed by atoms with Crippen LogP contribution in [0.5, 0.6) is 0 Å². The molecule has 3 heterocycles. The molecule has 3 N–H and O–H groups in total. The van der Waals surface area contributed by atoms with Gasteiger partial charge in [0, 0.05) is 43.1 Å². The van der Waals surface area contributed by atoms with Gasteiger partial charge in [0.05, 0.1) is 8.89 Å². The van der Waals surface area contributed by atoms with Gasteiger partial charge in [-0.1, -0.05) is 0 Å². The Morgan fingerprint density at radius 2 is 1.96 bits per heavy atom. The van der Waals surface area contributed by atoms with Gasteiger partial charge < -0.3 is 5.32 Å². The van der Waals surface area contributed by atoms with Gasteiger partial charge in [-0.2, -0.15) is 11.8 Å². The number of nitrogens with zero attached hydrogens (tertiary/aromatic N) is 1. The zero-order valence-corrected chi connectivity index (χ0v) is 16.8. The van der Waals surface area contributed by atoms with Crippen molar-refractivity contribution in [2.75, 3.05) is 37.7 Å². The number of hydrogen-bond acceptors (Lipinski definition) is 7. The second-order valence-corrected chi connectivity index (χ2v) is 10.5. The quantitative estimate of drug-likeness (QED) is 0.759. The number of amides is 1. The number of carbonyl (C=O) groups excluding carboxylic acids is 1. The maximum atomic E-state index is 12.2. The highest BCUT2D eigenvalue weighted by Crippen LogP contribution is 2.35. The second-order valence-electron chi connectivity index (χ2n) is 5.17. The van der Waals surface area contributed by atoms with Crippen molar-refractivity contribution < 1.29 is 13.2 Å². The lowest BCUT2D eigenvalue weighted by Gasteiger charge is -2.25. The van der Waals surface area contributed by atoms with Gasteiger partial charge in [-0.3, -0.25) is 9.69 Å². The molecule has 1 aliphatic rings. The molecule has 11 heteroatoms. The van der Waals surface area contributed by atoms with Gasteiger partial charge in [0.25, 0.3) is 5.91 Å². The lowest BCUT2D eigenvalue weighted by molar-refractivity contribution is 0.0953. The summed E-state index contributed by atoms with van der Waals surface area (Å²) in [6, 6.07) is 3.24. The first-order valence-electron chi connectivity index (χ1n) is 7.08. The summed E-state index contributed by atoms with van der Waals surface area (Å²) in [5.74, 6) is 2.20. The van der Waals surface area contributed by atoms with E-state index in [-0.39, 0.29) is 22.5 Å². The van der Waals surface area contributed by atoms with Crippen molar-refractivity contribution in [2.24, 2.45) is 5.14 Å². The first-order chi connectivity index (χ1) is 10.9. The summed E-state index contributed by atoms with van der Waals surface area (Å²) in [7, 11) is -3.68. The fourth-order valence-electron chi connectivity index (χ4n) is 2.31. The highest BCUT2D eigenvalue weighted by Gasteiger charge is 2.17. The van der Waals surface area contributed by atoms with Crippen LogP contribution in [-0.2, 0) is 10.0 Å². The molecule has 2 aromatic heterocycles. The third-order valence-corrected chi connectivity index (χ3v) is 8.27. The van der Waals surface area contributed by atoms with Gasteiger partial charge in [0.1, 0.15) is 4.21 Å². The molecule has 24 heavy (non-hydrogen) atoms. The van der Waals surface area contributed by atoms with Crippen LogP contribution in [0.15, 0.2) is 16.3 Å². The molecule has 0 aromatic carbocycles. The predicted octanol–water partition coefficient (Wildman–Crippen LogP) is 1.81. The molecule has 0 saturated carbocycles. The summed E-state index contributed by atoms with van der Waals surface area (Å²) in [5, 5.41) is 8.79. The van der Waals surface area contributed by atoms with Gasteiger partial charge >= 0.3 is 0 Å². The summed E-state index contributed by atoms with van der Waals surface area (Å²) < 4.78 is 23.6. The maximum Gasteiger partial charge on any atom is 0.261 e. The van der Waals surface area contributed by atoms with Crippen LogP contribution < -0.4 is 10.5 Å². The minimum Gasteiger partial charge on any atom is -0.350 e. The summed E-state index contributed by atoms with van der Waals surface area (Å²) in [6.45, 7) is 3.64. The number of hydrogen-bond donors (Lipinski definition) is 2. The minimum absolute atomic E-state index is 0. The molecule has 1 fully saturated rings. The predicted molar refractivity (Wildman–Crippen MR) is 104 cm³/mol. The zero-order chi connectivity index (χ0) is 16.4. The molecule has 1 saturated heterocycles. The van der Waals surface area contributed by atoms with E-state index in [9.17, 15) is 13.2 Å². The lowest BCUT2D eigenvalue weighted by atomic mass is 10.3. The molecule has 0 atom stereocenters. The Bertz CT molecular complexity index is 780. The van der Waals surface area contributed by atoms with Crippen molar-refractivity contribution >= 4 is 72.2 Å². The van der Waals surface area contributed by atoms with Crippen LogP contribution in [0.3, 0.4) is 0 Å². The molecule has 0 radical (unpaired) electrons. The number of carbonyl (C=O) groups is 1. The van der Waals surface area contributed by atoms with Crippen LogP contribution in [-0.4, -0.2) is 56.9 Å². The van der Waals surface area contributed by atoms with E-state index in [1.807, 2.05) is 11.8 Å². The molecule has 134 valence electrons. The normalized spacial score (nSPS) is 16.0. The average molecular weight is 428 g/mol. The van der Waals surface area contributed by atoms with Gasteiger partial charge in [-0.05, 0) is 12.1 Å². The van der Waals surface area contributed by atoms with Gasteiger partial charge in [0.2, 0.25) is 10.0 Å². The highest BCUT2D eigenvalue weighted by atomic mass is 35.5. The SMILES string of the molecule is Cl.NS(=O)(=O)c1cc2cc(C(=O)NCCN3CCSCC3)sc2s1. The van der Waals surface area contributed by atoms with E-state index in [4.69, 9.17) is 5.14 Å². The Morgan fingerprint density at radius 1 is 1.25 bits per heavy atom. The summed E-state index contributed by atoms with van der Waals surface area (Å²) in [5.41, 5.74) is 0. The molecule has 3 rings (SSSR count). The number of fused-ring (bicyclic) bond motifs is 1. The van der Waals surface area contributed by atoms with Crippen LogP contribution in [0.1, 0.15) is 9.67 Å². The van der Waals surface area contributed by atoms with Crippen LogP contribution in [0.25, 0.3) is 9.40 Å². The van der Waals surface area contributed by atoms with Crippen LogP contribution >= 0.6 is 46.8 Å². The molecule has 0 spiro atoms. The molecule has 1 amide bonds. The van der Waals surface area contributed by atoms with E-state index >= 15 is 0 Å². The van der Waals surface area contributed by atoms with E-state index in [1.54, 1.807) is 6.07 Å². The van der Waals surface area contributed by atoms with Crippen molar-refractivity contribution in [1.29, 1.82) is 0 Å². The average Bonchev–Trinajstić information content (AvgIpc) is 3.06. The summed E-state index contributed by atoms with van der Waals surface area (Å²) in [6.07, 6.45) is 0. The molecule has 1 aliphatic heterocycles. The summed E-state index contributed by atoms with van der Waals surface area (Å²) in [4.78, 5) is 15.1. The lowest BCUT2D eigenvalue weighted by Crippen LogP contribution is -2.39. The number of halogens is 1. The molecule has 0 aliphatic carbocycles. The number of nitrogens with one attached hydrogen (secondary N) is 1.